The van der Waals surface area contributed by atoms with Crippen molar-refractivity contribution in [2.24, 2.45) is 5.92 Å². The quantitative estimate of drug-likeness (QED) is 0.466. The molecule has 2 N–H and O–H groups in total. The average molecular weight is 394 g/mol. The summed E-state index contributed by atoms with van der Waals surface area (Å²) in [5, 5.41) is 22.8. The highest BCUT2D eigenvalue weighted by atomic mass is 127. The number of halogens is 2. The lowest BCUT2D eigenvalue weighted by atomic mass is 10.1. The summed E-state index contributed by atoms with van der Waals surface area (Å²) >= 11 is 1.69. The maximum Gasteiger partial charge on any atom is 0.306 e. The van der Waals surface area contributed by atoms with Gasteiger partial charge in [-0.2, -0.15) is 0 Å². The molecule has 1 aromatic carbocycles. The maximum atomic E-state index is 13.5. The smallest absolute Gasteiger partial charge is 0.306 e. The summed E-state index contributed by atoms with van der Waals surface area (Å²) in [6.45, 7) is 0. The molecule has 20 heavy (non-hydrogen) atoms. The summed E-state index contributed by atoms with van der Waals surface area (Å²) in [4.78, 5) is 21.3. The van der Waals surface area contributed by atoms with Crippen LogP contribution >= 0.6 is 22.6 Å². The van der Waals surface area contributed by atoms with Gasteiger partial charge < -0.3 is 10.4 Å². The predicted octanol–water partition coefficient (Wildman–Crippen LogP) is 3.00. The normalized spacial score (nSPS) is 21.7. The van der Waals surface area contributed by atoms with Crippen molar-refractivity contribution in [3.05, 3.63) is 31.6 Å². The van der Waals surface area contributed by atoms with Gasteiger partial charge in [0, 0.05) is 18.2 Å². The first kappa shape index (κ1) is 14.9. The molecule has 0 radical (unpaired) electrons. The average Bonchev–Trinajstić information content (AvgIpc) is 2.82. The van der Waals surface area contributed by atoms with Crippen LogP contribution in [0.4, 0.5) is 15.8 Å². The number of nitro benzene ring substituents is 1. The van der Waals surface area contributed by atoms with E-state index in [-0.39, 0.29) is 21.0 Å². The molecular formula is C12H12FIN2O4. The summed E-state index contributed by atoms with van der Waals surface area (Å²) in [5.74, 6) is -1.84. The molecule has 8 heteroatoms. The molecule has 1 aromatic rings. The van der Waals surface area contributed by atoms with Gasteiger partial charge in [-0.3, -0.25) is 14.9 Å². The van der Waals surface area contributed by atoms with Crippen molar-refractivity contribution in [2.75, 3.05) is 5.32 Å². The van der Waals surface area contributed by atoms with Crippen LogP contribution in [0.1, 0.15) is 19.3 Å². The molecule has 0 bridgehead atoms. The van der Waals surface area contributed by atoms with Crippen LogP contribution in [0, 0.1) is 25.4 Å². The molecule has 0 amide bonds. The summed E-state index contributed by atoms with van der Waals surface area (Å²) < 4.78 is 13.7. The topological polar surface area (TPSA) is 92.5 Å². The van der Waals surface area contributed by atoms with E-state index in [4.69, 9.17) is 5.11 Å². The minimum atomic E-state index is -0.863. The van der Waals surface area contributed by atoms with E-state index in [0.717, 1.165) is 6.07 Å². The Balaban J connectivity index is 2.19. The number of nitro groups is 1. The first-order valence-electron chi connectivity index (χ1n) is 6.01. The summed E-state index contributed by atoms with van der Waals surface area (Å²) in [6, 6.07) is 2.07. The zero-order chi connectivity index (χ0) is 14.9. The third-order valence-electron chi connectivity index (χ3n) is 3.38. The fraction of sp³-hybridized carbons (Fsp3) is 0.417. The Morgan fingerprint density at radius 3 is 2.75 bits per heavy atom. The maximum absolute atomic E-state index is 13.5. The highest BCUT2D eigenvalue weighted by molar-refractivity contribution is 14.1. The minimum absolute atomic E-state index is 0.101. The molecule has 1 aliphatic carbocycles. The van der Waals surface area contributed by atoms with Gasteiger partial charge in [0.05, 0.1) is 14.4 Å². The van der Waals surface area contributed by atoms with Crippen LogP contribution in [0.25, 0.3) is 0 Å². The van der Waals surface area contributed by atoms with Crippen molar-refractivity contribution >= 4 is 39.9 Å². The molecular weight excluding hydrogens is 382 g/mol. The van der Waals surface area contributed by atoms with Gasteiger partial charge in [0.15, 0.2) is 0 Å². The second-order valence-corrected chi connectivity index (χ2v) is 5.89. The molecule has 1 fully saturated rings. The number of hydrogen-bond acceptors (Lipinski definition) is 4. The second-order valence-electron chi connectivity index (χ2n) is 4.73. The van der Waals surface area contributed by atoms with E-state index in [9.17, 15) is 19.3 Å². The lowest BCUT2D eigenvalue weighted by Crippen LogP contribution is -2.18. The van der Waals surface area contributed by atoms with Crippen LogP contribution in [0.5, 0.6) is 0 Å². The number of nitrogens with zero attached hydrogens (tertiary/aromatic N) is 1. The largest absolute Gasteiger partial charge is 0.481 e. The Morgan fingerprint density at radius 2 is 2.20 bits per heavy atom. The number of aliphatic carboxylic acids is 1. The molecule has 2 atom stereocenters. The van der Waals surface area contributed by atoms with Gasteiger partial charge >= 0.3 is 5.97 Å². The molecule has 0 saturated heterocycles. The Kier molecular flexibility index (Phi) is 4.41. The minimum Gasteiger partial charge on any atom is -0.481 e. The van der Waals surface area contributed by atoms with E-state index in [1.807, 2.05) is 0 Å². The van der Waals surface area contributed by atoms with Crippen molar-refractivity contribution in [1.29, 1.82) is 0 Å². The van der Waals surface area contributed by atoms with Crippen molar-refractivity contribution in [3.63, 3.8) is 0 Å². The van der Waals surface area contributed by atoms with E-state index in [0.29, 0.717) is 19.3 Å². The van der Waals surface area contributed by atoms with Gasteiger partial charge in [-0.05, 0) is 41.9 Å². The second kappa shape index (κ2) is 5.90. The van der Waals surface area contributed by atoms with Crippen molar-refractivity contribution in [3.8, 4) is 0 Å². The Bertz CT molecular complexity index is 567. The van der Waals surface area contributed by atoms with Gasteiger partial charge in [0.2, 0.25) is 0 Å². The molecule has 108 valence electrons. The highest BCUT2D eigenvalue weighted by Gasteiger charge is 2.31. The van der Waals surface area contributed by atoms with Crippen LogP contribution in [0.3, 0.4) is 0 Å². The molecule has 0 spiro atoms. The number of carbonyl (C=O) groups is 1. The van der Waals surface area contributed by atoms with Gasteiger partial charge in [-0.1, -0.05) is 0 Å². The lowest BCUT2D eigenvalue weighted by molar-refractivity contribution is -0.384. The van der Waals surface area contributed by atoms with Crippen LogP contribution in [-0.4, -0.2) is 22.0 Å². The van der Waals surface area contributed by atoms with Gasteiger partial charge in [-0.25, -0.2) is 4.39 Å². The van der Waals surface area contributed by atoms with Crippen LogP contribution in [0.15, 0.2) is 12.1 Å². The number of nitrogens with one attached hydrogen (secondary N) is 1. The number of anilines is 1. The number of carboxylic acids is 1. The van der Waals surface area contributed by atoms with E-state index >= 15 is 0 Å². The fourth-order valence-corrected chi connectivity index (χ4v) is 2.81. The van der Waals surface area contributed by atoms with Crippen molar-refractivity contribution < 1.29 is 19.2 Å². The SMILES string of the molecule is O=C(O)C1CCC(Nc2cc(F)c(I)cc2[N+](=O)[O-])C1. The van der Waals surface area contributed by atoms with E-state index in [2.05, 4.69) is 5.32 Å². The number of hydrogen-bond donors (Lipinski definition) is 2. The van der Waals surface area contributed by atoms with Crippen LogP contribution < -0.4 is 5.32 Å². The first-order chi connectivity index (χ1) is 9.38. The predicted molar refractivity (Wildman–Crippen MR) is 78.2 cm³/mol. The summed E-state index contributed by atoms with van der Waals surface area (Å²) in [5.41, 5.74) is -0.0986. The molecule has 1 aliphatic rings. The van der Waals surface area contributed by atoms with E-state index in [1.165, 1.54) is 6.07 Å². The molecule has 0 aliphatic heterocycles. The van der Waals surface area contributed by atoms with E-state index in [1.54, 1.807) is 22.6 Å². The number of benzene rings is 1. The Hall–Kier alpha value is -1.45. The number of carboxylic acid groups (broad SMARTS) is 1. The number of rotatable bonds is 4. The van der Waals surface area contributed by atoms with Gasteiger partial charge in [0.25, 0.3) is 5.69 Å². The van der Waals surface area contributed by atoms with Crippen molar-refractivity contribution in [1.82, 2.24) is 0 Å². The monoisotopic (exact) mass is 394 g/mol. The Labute approximate surface area is 127 Å². The summed E-state index contributed by atoms with van der Waals surface area (Å²) in [7, 11) is 0. The summed E-state index contributed by atoms with van der Waals surface area (Å²) in [6.07, 6.45) is 1.51. The zero-order valence-electron chi connectivity index (χ0n) is 10.3. The highest BCUT2D eigenvalue weighted by Crippen LogP contribution is 2.33. The van der Waals surface area contributed by atoms with E-state index < -0.39 is 22.6 Å². The zero-order valence-corrected chi connectivity index (χ0v) is 12.5. The van der Waals surface area contributed by atoms with Crippen LogP contribution in [0.2, 0.25) is 0 Å². The molecule has 6 nitrogen and oxygen atoms in total. The molecule has 2 rings (SSSR count). The van der Waals surface area contributed by atoms with Gasteiger partial charge in [-0.15, -0.1) is 0 Å². The van der Waals surface area contributed by atoms with Crippen molar-refractivity contribution in [2.45, 2.75) is 25.3 Å². The molecule has 1 saturated carbocycles. The molecule has 2 unspecified atom stereocenters. The Morgan fingerprint density at radius 1 is 1.50 bits per heavy atom. The third-order valence-corrected chi connectivity index (χ3v) is 4.20. The fourth-order valence-electron chi connectivity index (χ4n) is 2.36. The molecule has 0 aromatic heterocycles. The molecule has 0 heterocycles. The standard InChI is InChI=1S/C12H12FIN2O4/c13-8-4-10(11(16(19)20)5-9(8)14)15-7-2-1-6(3-7)12(17)18/h4-7,15H,1-3H2,(H,17,18). The first-order valence-corrected chi connectivity index (χ1v) is 7.09. The van der Waals surface area contributed by atoms with Crippen LogP contribution in [-0.2, 0) is 4.79 Å². The third kappa shape index (κ3) is 3.17. The lowest BCUT2D eigenvalue weighted by Gasteiger charge is -2.14. The van der Waals surface area contributed by atoms with Gasteiger partial charge in [0.1, 0.15) is 11.5 Å².